The Labute approximate surface area is 88.1 Å². The van der Waals surface area contributed by atoms with Crippen LogP contribution in [-0.4, -0.2) is 18.4 Å². The predicted molar refractivity (Wildman–Crippen MR) is 54.4 cm³/mol. The molecule has 15 heavy (non-hydrogen) atoms. The zero-order valence-corrected chi connectivity index (χ0v) is 8.31. The number of aldehydes is 1. The maximum absolute atomic E-state index is 10.8. The number of hydrogen-bond donors (Lipinski definition) is 0. The molecule has 78 valence electrons. The van der Waals surface area contributed by atoms with Gasteiger partial charge in [-0.3, -0.25) is 4.79 Å². The average molecular weight is 204 g/mol. The van der Waals surface area contributed by atoms with Crippen molar-refractivity contribution in [3.63, 3.8) is 0 Å². The van der Waals surface area contributed by atoms with Gasteiger partial charge in [-0.2, -0.15) is 0 Å². The van der Waals surface area contributed by atoms with E-state index in [2.05, 4.69) is 6.07 Å². The minimum absolute atomic E-state index is 0.141. The molecular formula is C12H12O3. The molecule has 1 aromatic rings. The van der Waals surface area contributed by atoms with E-state index < -0.39 is 5.97 Å². The number of esters is 1. The van der Waals surface area contributed by atoms with Crippen LogP contribution < -0.4 is 0 Å². The summed E-state index contributed by atoms with van der Waals surface area (Å²) in [6.45, 7) is 0. The van der Waals surface area contributed by atoms with Crippen molar-refractivity contribution in [3.8, 4) is 0 Å². The minimum Gasteiger partial charge on any atom is -0.456 e. The molecule has 0 spiro atoms. The van der Waals surface area contributed by atoms with E-state index in [1.54, 1.807) is 0 Å². The highest BCUT2D eigenvalue weighted by molar-refractivity contribution is 6.20. The van der Waals surface area contributed by atoms with Crippen LogP contribution in [0.25, 0.3) is 0 Å². The van der Waals surface area contributed by atoms with Crippen molar-refractivity contribution in [2.45, 2.75) is 25.4 Å². The van der Waals surface area contributed by atoms with Gasteiger partial charge in [0.25, 0.3) is 0 Å². The summed E-state index contributed by atoms with van der Waals surface area (Å²) in [7, 11) is 0. The van der Waals surface area contributed by atoms with Crippen LogP contribution in [0.4, 0.5) is 0 Å². The van der Waals surface area contributed by atoms with Gasteiger partial charge in [0.2, 0.25) is 6.29 Å². The molecular weight excluding hydrogens is 192 g/mol. The summed E-state index contributed by atoms with van der Waals surface area (Å²) < 4.78 is 4.99. The Morgan fingerprint density at radius 3 is 2.80 bits per heavy atom. The summed E-state index contributed by atoms with van der Waals surface area (Å²) in [5.41, 5.74) is 2.53. The van der Waals surface area contributed by atoms with E-state index in [-0.39, 0.29) is 12.4 Å². The van der Waals surface area contributed by atoms with E-state index in [1.165, 1.54) is 11.1 Å². The quantitative estimate of drug-likeness (QED) is 0.414. The molecule has 0 heterocycles. The lowest BCUT2D eigenvalue weighted by Gasteiger charge is -2.23. The first kappa shape index (κ1) is 9.90. The fraction of sp³-hybridized carbons (Fsp3) is 0.333. The molecule has 1 aliphatic rings. The van der Waals surface area contributed by atoms with Gasteiger partial charge in [0.15, 0.2) is 0 Å². The average Bonchev–Trinajstić information content (AvgIpc) is 2.29. The fourth-order valence-electron chi connectivity index (χ4n) is 1.96. The second-order valence-corrected chi connectivity index (χ2v) is 3.69. The zero-order valence-electron chi connectivity index (χ0n) is 8.31. The predicted octanol–water partition coefficient (Wildman–Crippen LogP) is 1.29. The first-order valence-electron chi connectivity index (χ1n) is 5.02. The maximum Gasteiger partial charge on any atom is 0.371 e. The van der Waals surface area contributed by atoms with Gasteiger partial charge >= 0.3 is 5.97 Å². The number of carbonyl (C=O) groups excluding carboxylic acids is 2. The Morgan fingerprint density at radius 2 is 2.07 bits per heavy atom. The normalized spacial score (nSPS) is 19.1. The lowest BCUT2D eigenvalue weighted by Crippen LogP contribution is -2.25. The lowest BCUT2D eigenvalue weighted by atomic mass is 9.90. The van der Waals surface area contributed by atoms with E-state index in [9.17, 15) is 9.59 Å². The van der Waals surface area contributed by atoms with E-state index in [1.807, 2.05) is 18.2 Å². The summed E-state index contributed by atoms with van der Waals surface area (Å²) in [4.78, 5) is 21.0. The van der Waals surface area contributed by atoms with Crippen LogP contribution in [-0.2, 0) is 27.2 Å². The second-order valence-electron chi connectivity index (χ2n) is 3.69. The first-order chi connectivity index (χ1) is 7.29. The fourth-order valence-corrected chi connectivity index (χ4v) is 1.96. The Hall–Kier alpha value is -1.64. The highest BCUT2D eigenvalue weighted by Gasteiger charge is 2.20. The van der Waals surface area contributed by atoms with Crippen LogP contribution >= 0.6 is 0 Å². The largest absolute Gasteiger partial charge is 0.456 e. The van der Waals surface area contributed by atoms with Crippen LogP contribution in [0, 0.1) is 0 Å². The maximum atomic E-state index is 10.8. The molecule has 0 saturated heterocycles. The number of aryl methyl sites for hydroxylation is 1. The van der Waals surface area contributed by atoms with Crippen LogP contribution in [0.15, 0.2) is 24.3 Å². The third-order valence-corrected chi connectivity index (χ3v) is 2.68. The molecule has 0 aromatic heterocycles. The molecule has 1 aliphatic carbocycles. The van der Waals surface area contributed by atoms with Crippen molar-refractivity contribution < 1.29 is 14.3 Å². The molecule has 0 fully saturated rings. The molecule has 3 nitrogen and oxygen atoms in total. The van der Waals surface area contributed by atoms with Crippen LogP contribution in [0.1, 0.15) is 17.5 Å². The lowest BCUT2D eigenvalue weighted by molar-refractivity contribution is -0.153. The minimum atomic E-state index is -0.764. The van der Waals surface area contributed by atoms with Crippen molar-refractivity contribution in [1.29, 1.82) is 0 Å². The number of ether oxygens (including phenoxy) is 1. The van der Waals surface area contributed by atoms with Crippen molar-refractivity contribution in [3.05, 3.63) is 35.4 Å². The Balaban J connectivity index is 2.05. The van der Waals surface area contributed by atoms with Gasteiger partial charge in [-0.15, -0.1) is 0 Å². The van der Waals surface area contributed by atoms with E-state index >= 15 is 0 Å². The molecule has 0 saturated carbocycles. The monoisotopic (exact) mass is 204 g/mol. The topological polar surface area (TPSA) is 43.4 Å². The van der Waals surface area contributed by atoms with Gasteiger partial charge in [0.1, 0.15) is 6.10 Å². The molecule has 0 amide bonds. The Kier molecular flexibility index (Phi) is 2.81. The molecule has 0 radical (unpaired) electrons. The van der Waals surface area contributed by atoms with Gasteiger partial charge in [0.05, 0.1) is 0 Å². The molecule has 3 heteroatoms. The van der Waals surface area contributed by atoms with E-state index in [4.69, 9.17) is 4.74 Å². The van der Waals surface area contributed by atoms with Gasteiger partial charge in [-0.1, -0.05) is 24.3 Å². The van der Waals surface area contributed by atoms with Crippen LogP contribution in [0.3, 0.4) is 0 Å². The molecule has 1 aromatic carbocycles. The van der Waals surface area contributed by atoms with Gasteiger partial charge < -0.3 is 4.74 Å². The summed E-state index contributed by atoms with van der Waals surface area (Å²) in [5.74, 6) is -0.764. The van der Waals surface area contributed by atoms with Crippen molar-refractivity contribution in [2.75, 3.05) is 0 Å². The third-order valence-electron chi connectivity index (χ3n) is 2.68. The smallest absolute Gasteiger partial charge is 0.371 e. The zero-order chi connectivity index (χ0) is 10.7. The Morgan fingerprint density at radius 1 is 1.33 bits per heavy atom. The van der Waals surface area contributed by atoms with Crippen LogP contribution in [0.5, 0.6) is 0 Å². The number of rotatable bonds is 2. The first-order valence-corrected chi connectivity index (χ1v) is 5.02. The molecule has 0 N–H and O–H groups in total. The molecule has 1 unspecified atom stereocenters. The number of fused-ring (bicyclic) bond motifs is 1. The van der Waals surface area contributed by atoms with Gasteiger partial charge in [-0.05, 0) is 24.0 Å². The van der Waals surface area contributed by atoms with Crippen molar-refractivity contribution in [1.82, 2.24) is 0 Å². The van der Waals surface area contributed by atoms with Gasteiger partial charge in [0, 0.05) is 6.42 Å². The second kappa shape index (κ2) is 4.26. The number of benzene rings is 1. The van der Waals surface area contributed by atoms with E-state index in [0.29, 0.717) is 0 Å². The SMILES string of the molecule is O=CC(=O)OC1CCc2ccccc2C1. The van der Waals surface area contributed by atoms with Crippen molar-refractivity contribution >= 4 is 12.3 Å². The Bertz CT molecular complexity index is 384. The summed E-state index contributed by atoms with van der Waals surface area (Å²) in [6.07, 6.45) is 2.51. The summed E-state index contributed by atoms with van der Waals surface area (Å²) >= 11 is 0. The summed E-state index contributed by atoms with van der Waals surface area (Å²) in [5, 5.41) is 0. The van der Waals surface area contributed by atoms with Crippen LogP contribution in [0.2, 0.25) is 0 Å². The number of carbonyl (C=O) groups is 2. The molecule has 1 atom stereocenters. The molecule has 0 bridgehead atoms. The standard InChI is InChI=1S/C12H12O3/c13-8-12(14)15-11-6-5-9-3-1-2-4-10(9)7-11/h1-4,8,11H,5-7H2. The third kappa shape index (κ3) is 2.24. The number of hydrogen-bond acceptors (Lipinski definition) is 3. The summed E-state index contributed by atoms with van der Waals surface area (Å²) in [6, 6.07) is 8.11. The van der Waals surface area contributed by atoms with Crippen molar-refractivity contribution in [2.24, 2.45) is 0 Å². The highest BCUT2D eigenvalue weighted by atomic mass is 16.5. The highest BCUT2D eigenvalue weighted by Crippen LogP contribution is 2.22. The molecule has 2 rings (SSSR count). The van der Waals surface area contributed by atoms with E-state index in [0.717, 1.165) is 19.3 Å². The van der Waals surface area contributed by atoms with Gasteiger partial charge in [-0.25, -0.2) is 4.79 Å². The molecule has 0 aliphatic heterocycles.